The standard InChI is InChI=1S/C16H24N2O2.C11H8N2O2.C11H16N2.C10H18O5.C7H7NO2.C5H6BNO2.3CH4.2F2.FH.2O.Pd.Pt.H2/c1-16(2,3)20-15(19)18-10-4-5-13(11-18)12-6-8-14(17)9-7-12;14-13(15)11-5-3-9(4-6-11)10-2-1-7-12-8-10;12-11-5-3-9(4-6-11)10-2-1-7-13-8-10;1-9(2,3)14-7(11)13-8(12)15-10(4,5)6;1-6-2-4-7(5-3-6)8(9)10;8-6(9)5-2-1-3-7-4-5;;;;2*1-2;;;;;;/h6-9,13H,4-5,10-11,17H2,1-3H3;1-8H;3-6,10,13H,1-2,7-8,12H2;1-6H3;2-5H,1H3;1-4,8-9H;3*1H4;;;1H;;;;;1H. The number of ether oxygens (including phenoxy) is 4. The van der Waals surface area contributed by atoms with Gasteiger partial charge in [-0.1, -0.05) is 76.4 Å². The van der Waals surface area contributed by atoms with E-state index in [0.717, 1.165) is 60.5 Å². The van der Waals surface area contributed by atoms with E-state index in [-0.39, 0.29) is 66.3 Å². The molecule has 0 aliphatic carbocycles. The van der Waals surface area contributed by atoms with Gasteiger partial charge in [0, 0.05) is 132 Å². The van der Waals surface area contributed by atoms with Crippen molar-refractivity contribution in [2.24, 2.45) is 0 Å². The maximum atomic E-state index is 12.1. The van der Waals surface area contributed by atoms with Crippen LogP contribution >= 0.6 is 0 Å². The average Bonchev–Trinajstić information content (AvgIpc) is 0.870. The number of amides is 1. The molecular weight excluding hydrogens is 1520 g/mol. The predicted molar refractivity (Wildman–Crippen MR) is 349 cm³/mol. The third-order valence-corrected chi connectivity index (χ3v) is 11.4. The van der Waals surface area contributed by atoms with Crippen molar-refractivity contribution < 1.29 is 123 Å². The number of hydrogen-bond acceptors (Lipinski definition) is 20. The third kappa shape index (κ3) is 45.4. The van der Waals surface area contributed by atoms with Crippen LogP contribution < -0.4 is 22.2 Å². The van der Waals surface area contributed by atoms with Crippen LogP contribution in [0.1, 0.15) is 140 Å². The molecule has 4 aromatic carbocycles. The fourth-order valence-corrected chi connectivity index (χ4v) is 7.53. The summed E-state index contributed by atoms with van der Waals surface area (Å²) in [6.45, 7) is 21.4. The Morgan fingerprint density at radius 3 is 1.39 bits per heavy atom. The molecule has 2 aliphatic rings. The van der Waals surface area contributed by atoms with Gasteiger partial charge in [0.25, 0.3) is 11.4 Å². The zero-order chi connectivity index (χ0) is 67.8. The van der Waals surface area contributed by atoms with E-state index in [0.29, 0.717) is 17.3 Å². The topological polar surface area (TPSA) is 342 Å². The maximum Gasteiger partial charge on any atom is 0 e. The number of nitro benzene ring substituents is 2. The molecule has 0 spiro atoms. The summed E-state index contributed by atoms with van der Waals surface area (Å²) in [7, 11) is -1.40. The fourth-order valence-electron chi connectivity index (χ4n) is 7.53. The molecule has 2 fully saturated rings. The Kier molecular flexibility index (Phi) is 54.3. The zero-order valence-corrected chi connectivity index (χ0v) is 55.7. The van der Waals surface area contributed by atoms with E-state index in [1.165, 1.54) is 61.0 Å². The van der Waals surface area contributed by atoms with Gasteiger partial charge in [-0.2, -0.15) is 0 Å². The number of aromatic nitrogens is 2. The number of anilines is 2. The number of aryl methyl sites for hydroxylation is 1. The Bertz CT molecular complexity index is 2990. The van der Waals surface area contributed by atoms with Crippen LogP contribution in [0.25, 0.3) is 11.1 Å². The molecule has 0 radical (unpaired) electrons. The van der Waals surface area contributed by atoms with Crippen molar-refractivity contribution in [2.75, 3.05) is 37.6 Å². The van der Waals surface area contributed by atoms with Gasteiger partial charge in [-0.25, -0.2) is 14.4 Å². The minimum Gasteiger partial charge on any atom is 0 e. The van der Waals surface area contributed by atoms with E-state index in [2.05, 4.69) is 44.3 Å². The number of nitrogen functional groups attached to an aromatic ring is 2. The Balaban J connectivity index is -0.000000192. The number of carbonyl (C=O) groups excluding carboxylic acids is 3. The van der Waals surface area contributed by atoms with Crippen LogP contribution in [0.5, 0.6) is 0 Å². The number of carbonyl (C=O) groups is 3. The Morgan fingerprint density at radius 1 is 0.638 bits per heavy atom. The minimum atomic E-state index is -1.92. The van der Waals surface area contributed by atoms with E-state index < -0.39 is 64.6 Å². The van der Waals surface area contributed by atoms with Crippen LogP contribution in [0.3, 0.4) is 0 Å². The molecule has 23 nitrogen and oxygen atoms in total. The Morgan fingerprint density at radius 2 is 1.04 bits per heavy atom. The predicted octanol–water partition coefficient (Wildman–Crippen LogP) is 15.1. The van der Waals surface area contributed by atoms with Gasteiger partial charge in [-0.3, -0.25) is 34.9 Å². The second-order valence-electron chi connectivity index (χ2n) is 22.0. The summed E-state index contributed by atoms with van der Waals surface area (Å²) >= 11 is -1.92. The maximum absolute atomic E-state index is 12.1. The van der Waals surface area contributed by atoms with Crippen LogP contribution in [-0.2, 0) is 64.7 Å². The normalized spacial score (nSPS) is 13.0. The number of halogens is 5. The van der Waals surface area contributed by atoms with Crippen LogP contribution in [0, 0.1) is 27.2 Å². The van der Waals surface area contributed by atoms with Gasteiger partial charge in [-0.15, -0.1) is 0 Å². The first kappa shape index (κ1) is 97.2. The van der Waals surface area contributed by atoms with Crippen molar-refractivity contribution in [3.63, 3.8) is 0 Å². The fraction of sp³-hybridized carbons (Fsp3) is 0.413. The molecule has 8 rings (SSSR count). The van der Waals surface area contributed by atoms with Crippen LogP contribution in [0.15, 0.2) is 146 Å². The molecule has 534 valence electrons. The number of non-ortho nitro benzene ring substituents is 2. The Labute approximate surface area is 571 Å². The largest absolute Gasteiger partial charge is 0 e. The second-order valence-corrected chi connectivity index (χ2v) is 22.4. The van der Waals surface area contributed by atoms with Gasteiger partial charge in [0.1, 0.15) is 16.8 Å². The summed E-state index contributed by atoms with van der Waals surface area (Å²) in [5, 5.41) is 41.1. The number of nitrogens with zero attached hydrogens (tertiary/aromatic N) is 5. The van der Waals surface area contributed by atoms with E-state index in [9.17, 15) is 34.6 Å². The number of nitrogens with one attached hydrogen (secondary N) is 1. The van der Waals surface area contributed by atoms with Crippen molar-refractivity contribution in [2.45, 2.75) is 146 Å². The number of pyridine rings is 2. The monoisotopic (exact) mass is 1610 g/mol. The molecule has 6 aromatic rings. The number of rotatable bonds is 6. The van der Waals surface area contributed by atoms with Crippen LogP contribution in [0.4, 0.5) is 60.1 Å². The average molecular weight is 1610 g/mol. The SMILES string of the molecule is C.C.C.CC(C)(C)OC(=O)N1CCCC(c2ccc(N)cc2)C1.CC(C)(C)OC(=O)OC(=O)OC(C)(C)C.Cc1ccc([N+](=O)[O-])cc1.F.FF.FF.Nc1ccc(C2CCCNC2)cc1.O=[N+]([O-])c1ccc(-c2cccnc2)cc1.OB(O)c1cccnc1.[HH].[O]=[Pt]=[O].[Pd]. The molecule has 2 aliphatic heterocycles. The molecule has 1 amide bonds. The number of piperidine rings is 2. The van der Waals surface area contributed by atoms with Crippen molar-refractivity contribution in [1.82, 2.24) is 20.2 Å². The van der Waals surface area contributed by atoms with Gasteiger partial charge >= 0.3 is 50.8 Å². The summed E-state index contributed by atoms with van der Waals surface area (Å²) in [6, 6.07) is 36.0. The molecule has 2 atom stereocenters. The molecule has 0 bridgehead atoms. The van der Waals surface area contributed by atoms with Gasteiger partial charge in [0.15, 0.2) is 0 Å². The zero-order valence-electron chi connectivity index (χ0n) is 51.9. The second kappa shape index (κ2) is 52.5. The van der Waals surface area contributed by atoms with Gasteiger partial charge in [-0.05, 0) is 178 Å². The summed E-state index contributed by atoms with van der Waals surface area (Å²) in [4.78, 5) is 63.4. The summed E-state index contributed by atoms with van der Waals surface area (Å²) in [5.74, 6) is 1.06. The van der Waals surface area contributed by atoms with Crippen LogP contribution in [0.2, 0.25) is 0 Å². The molecule has 2 unspecified atom stereocenters. The van der Waals surface area contributed by atoms with E-state index in [1.54, 1.807) is 96.5 Å². The number of nitro groups is 2. The molecule has 4 heterocycles. The van der Waals surface area contributed by atoms with Crippen molar-refractivity contribution in [3.05, 3.63) is 183 Å². The van der Waals surface area contributed by atoms with Crippen molar-refractivity contribution in [1.29, 1.82) is 0 Å². The molecule has 2 aromatic heterocycles. The summed E-state index contributed by atoms with van der Waals surface area (Å²) in [5.41, 5.74) is 17.4. The van der Waals surface area contributed by atoms with E-state index in [1.807, 2.05) is 69.0 Å². The first-order chi connectivity index (χ1) is 41.9. The number of likely N-dealkylation sites (tertiary alicyclic amines) is 1. The molecule has 94 heavy (non-hydrogen) atoms. The quantitative estimate of drug-likeness (QED) is 0.0151. The van der Waals surface area contributed by atoms with Crippen molar-refractivity contribution >= 4 is 53.7 Å². The summed E-state index contributed by atoms with van der Waals surface area (Å²) < 4.78 is 68.2. The van der Waals surface area contributed by atoms with E-state index >= 15 is 0 Å². The van der Waals surface area contributed by atoms with Crippen molar-refractivity contribution in [3.8, 4) is 11.1 Å². The molecule has 31 heteroatoms. The van der Waals surface area contributed by atoms with E-state index in [4.69, 9.17) is 60.8 Å². The van der Waals surface area contributed by atoms with Crippen LogP contribution in [-0.4, -0.2) is 103 Å². The first-order valence-electron chi connectivity index (χ1n) is 27.2. The first-order valence-corrected chi connectivity index (χ1v) is 29.0. The smallest absolute Gasteiger partial charge is 0 e. The molecular formula is C63H94BF5N8O15PdPt. The summed E-state index contributed by atoms with van der Waals surface area (Å²) in [6.07, 6.45) is 8.77. The molecule has 2 saturated heterocycles. The Hall–Kier alpha value is -7.86. The number of nitrogens with two attached hydrogens (primary N) is 2. The molecule has 0 saturated carbocycles. The third-order valence-electron chi connectivity index (χ3n) is 11.4. The molecule has 7 N–H and O–H groups in total. The van der Waals surface area contributed by atoms with Gasteiger partial charge < -0.3 is 50.7 Å². The van der Waals surface area contributed by atoms with Gasteiger partial charge in [0.2, 0.25) is 0 Å². The number of benzene rings is 4. The minimum absolute atomic E-state index is 0. The number of hydrogen-bond donors (Lipinski definition) is 5. The van der Waals surface area contributed by atoms with Gasteiger partial charge in [0.05, 0.1) is 9.85 Å².